The normalized spacial score (nSPS) is 11.3. The number of rotatable bonds is 5. The summed E-state index contributed by atoms with van der Waals surface area (Å²) >= 11 is 0. The van der Waals surface area contributed by atoms with Crippen molar-refractivity contribution in [2.75, 3.05) is 0 Å². The summed E-state index contributed by atoms with van der Waals surface area (Å²) in [5.74, 6) is 1.18. The number of hydrogen-bond acceptors (Lipinski definition) is 5. The van der Waals surface area contributed by atoms with Crippen molar-refractivity contribution >= 4 is 5.52 Å². The first-order valence-corrected chi connectivity index (χ1v) is 10.4. The van der Waals surface area contributed by atoms with Gasteiger partial charge in [-0.05, 0) is 26.0 Å². The van der Waals surface area contributed by atoms with Gasteiger partial charge in [-0.15, -0.1) is 0 Å². The Morgan fingerprint density at radius 3 is 2.44 bits per heavy atom. The highest BCUT2D eigenvalue weighted by molar-refractivity contribution is 5.72. The number of benzene rings is 2. The lowest BCUT2D eigenvalue weighted by atomic mass is 10.1. The van der Waals surface area contributed by atoms with E-state index in [4.69, 9.17) is 4.42 Å². The van der Waals surface area contributed by atoms with Gasteiger partial charge in [0, 0.05) is 29.1 Å². The van der Waals surface area contributed by atoms with Crippen LogP contribution in [-0.4, -0.2) is 24.3 Å². The van der Waals surface area contributed by atoms with Crippen LogP contribution in [-0.2, 0) is 13.2 Å². The molecule has 160 valence electrons. The molecule has 0 aliphatic rings. The number of aromatic nitrogens is 4. The van der Waals surface area contributed by atoms with Gasteiger partial charge in [-0.25, -0.2) is 9.50 Å². The lowest BCUT2D eigenvalue weighted by molar-refractivity contribution is 0.283. The van der Waals surface area contributed by atoms with Crippen LogP contribution in [0.2, 0.25) is 0 Å². The molecule has 7 nitrogen and oxygen atoms in total. The molecule has 0 spiro atoms. The Bertz CT molecular complexity index is 1460. The molecule has 0 fully saturated rings. The van der Waals surface area contributed by atoms with Crippen molar-refractivity contribution in [2.45, 2.75) is 27.0 Å². The molecule has 2 aromatic carbocycles. The fourth-order valence-electron chi connectivity index (χ4n) is 3.81. The van der Waals surface area contributed by atoms with Gasteiger partial charge >= 0.3 is 0 Å². The van der Waals surface area contributed by atoms with Gasteiger partial charge in [-0.3, -0.25) is 4.79 Å². The molecule has 3 heterocycles. The molecule has 7 heteroatoms. The van der Waals surface area contributed by atoms with Crippen LogP contribution in [0.4, 0.5) is 0 Å². The average molecular weight is 426 g/mol. The molecule has 0 atom stereocenters. The fourth-order valence-corrected chi connectivity index (χ4v) is 3.81. The van der Waals surface area contributed by atoms with Crippen LogP contribution in [0.25, 0.3) is 28.2 Å². The lowest BCUT2D eigenvalue weighted by Crippen LogP contribution is -2.23. The van der Waals surface area contributed by atoms with E-state index in [-0.39, 0.29) is 18.7 Å². The first-order chi connectivity index (χ1) is 15.5. The van der Waals surface area contributed by atoms with E-state index in [1.807, 2.05) is 68.4 Å². The van der Waals surface area contributed by atoms with Crippen LogP contribution in [0.15, 0.2) is 76.2 Å². The van der Waals surface area contributed by atoms with Gasteiger partial charge in [0.05, 0.1) is 18.8 Å². The van der Waals surface area contributed by atoms with Gasteiger partial charge < -0.3 is 14.1 Å². The van der Waals surface area contributed by atoms with Gasteiger partial charge in [0.2, 0.25) is 5.89 Å². The Kier molecular flexibility index (Phi) is 4.95. The second-order valence-corrected chi connectivity index (χ2v) is 7.76. The molecule has 0 aliphatic heterocycles. The maximum atomic E-state index is 13.3. The summed E-state index contributed by atoms with van der Waals surface area (Å²) in [5, 5.41) is 14.6. The van der Waals surface area contributed by atoms with E-state index in [1.165, 1.54) is 4.52 Å². The third-order valence-corrected chi connectivity index (χ3v) is 5.58. The summed E-state index contributed by atoms with van der Waals surface area (Å²) in [7, 11) is 0. The van der Waals surface area contributed by atoms with Crippen LogP contribution in [0.1, 0.15) is 22.6 Å². The lowest BCUT2D eigenvalue weighted by Gasteiger charge is -2.05. The van der Waals surface area contributed by atoms with Crippen LogP contribution in [0.3, 0.4) is 0 Å². The molecule has 32 heavy (non-hydrogen) atoms. The van der Waals surface area contributed by atoms with E-state index in [2.05, 4.69) is 10.1 Å². The summed E-state index contributed by atoms with van der Waals surface area (Å²) in [6.45, 7) is 3.82. The van der Waals surface area contributed by atoms with Crippen molar-refractivity contribution < 1.29 is 9.52 Å². The minimum Gasteiger partial charge on any atom is -0.441 e. The zero-order valence-electron chi connectivity index (χ0n) is 17.8. The molecule has 5 rings (SSSR count). The SMILES string of the molecule is Cc1ccc(-c2nn3ccn(Cc4nc(-c5ccccc5)oc4C)c(=O)c3c2CO)cc1. The van der Waals surface area contributed by atoms with Crippen molar-refractivity contribution in [1.82, 2.24) is 19.2 Å². The molecule has 0 saturated carbocycles. The maximum Gasteiger partial charge on any atom is 0.277 e. The topological polar surface area (TPSA) is 85.6 Å². The minimum atomic E-state index is -0.285. The van der Waals surface area contributed by atoms with Crippen molar-refractivity contribution in [2.24, 2.45) is 0 Å². The monoisotopic (exact) mass is 426 g/mol. The van der Waals surface area contributed by atoms with Crippen molar-refractivity contribution in [1.29, 1.82) is 0 Å². The number of oxazole rings is 1. The number of fused-ring (bicyclic) bond motifs is 1. The van der Waals surface area contributed by atoms with E-state index in [9.17, 15) is 9.90 Å². The van der Waals surface area contributed by atoms with Gasteiger partial charge in [0.1, 0.15) is 17.0 Å². The van der Waals surface area contributed by atoms with Crippen LogP contribution >= 0.6 is 0 Å². The van der Waals surface area contributed by atoms with Gasteiger partial charge in [0.15, 0.2) is 0 Å². The van der Waals surface area contributed by atoms with Crippen molar-refractivity contribution in [3.8, 4) is 22.7 Å². The highest BCUT2D eigenvalue weighted by Crippen LogP contribution is 2.26. The third-order valence-electron chi connectivity index (χ3n) is 5.58. The second kappa shape index (κ2) is 7.94. The molecule has 0 amide bonds. The summed E-state index contributed by atoms with van der Waals surface area (Å²) in [4.78, 5) is 17.9. The zero-order chi connectivity index (χ0) is 22.2. The average Bonchev–Trinajstić information content (AvgIpc) is 3.37. The van der Waals surface area contributed by atoms with Crippen LogP contribution < -0.4 is 5.56 Å². The van der Waals surface area contributed by atoms with E-state index in [1.54, 1.807) is 17.0 Å². The molecule has 0 aliphatic carbocycles. The number of aliphatic hydroxyl groups is 1. The Hall–Kier alpha value is -3.97. The Morgan fingerprint density at radius 2 is 1.72 bits per heavy atom. The summed E-state index contributed by atoms with van der Waals surface area (Å²) in [5.41, 5.74) is 4.77. The highest BCUT2D eigenvalue weighted by atomic mass is 16.4. The van der Waals surface area contributed by atoms with Gasteiger partial charge in [-0.1, -0.05) is 48.0 Å². The minimum absolute atomic E-state index is 0.244. The Morgan fingerprint density at radius 1 is 0.969 bits per heavy atom. The van der Waals surface area contributed by atoms with Crippen molar-refractivity contribution in [3.05, 3.63) is 99.9 Å². The number of nitrogens with zero attached hydrogens (tertiary/aromatic N) is 4. The predicted octanol–water partition coefficient (Wildman–Crippen LogP) is 3.98. The Labute approximate surface area is 184 Å². The summed E-state index contributed by atoms with van der Waals surface area (Å²) < 4.78 is 8.93. The Balaban J connectivity index is 1.56. The molecule has 0 saturated heterocycles. The fraction of sp³-hybridized carbons (Fsp3) is 0.160. The highest BCUT2D eigenvalue weighted by Gasteiger charge is 2.19. The molecule has 0 radical (unpaired) electrons. The largest absolute Gasteiger partial charge is 0.441 e. The van der Waals surface area contributed by atoms with Crippen LogP contribution in [0, 0.1) is 13.8 Å². The van der Waals surface area contributed by atoms with Crippen LogP contribution in [0.5, 0.6) is 0 Å². The van der Waals surface area contributed by atoms with Crippen molar-refractivity contribution in [3.63, 3.8) is 0 Å². The second-order valence-electron chi connectivity index (χ2n) is 7.76. The molecule has 3 aromatic heterocycles. The number of aliphatic hydroxyl groups excluding tert-OH is 1. The van der Waals surface area contributed by atoms with E-state index in [0.717, 1.165) is 16.7 Å². The predicted molar refractivity (Wildman–Crippen MR) is 121 cm³/mol. The molecule has 1 N–H and O–H groups in total. The third kappa shape index (κ3) is 3.42. The van der Waals surface area contributed by atoms with Gasteiger partial charge in [0.25, 0.3) is 5.56 Å². The van der Waals surface area contributed by atoms with E-state index in [0.29, 0.717) is 34.1 Å². The quantitative estimate of drug-likeness (QED) is 0.460. The zero-order valence-corrected chi connectivity index (χ0v) is 17.8. The smallest absolute Gasteiger partial charge is 0.277 e. The van der Waals surface area contributed by atoms with E-state index >= 15 is 0 Å². The number of hydrogen-bond donors (Lipinski definition) is 1. The van der Waals surface area contributed by atoms with E-state index < -0.39 is 0 Å². The molecular formula is C25H22N4O3. The molecular weight excluding hydrogens is 404 g/mol. The number of aryl methyl sites for hydroxylation is 2. The molecule has 0 unspecified atom stereocenters. The first-order valence-electron chi connectivity index (χ1n) is 10.4. The molecule has 5 aromatic rings. The standard InChI is InChI=1S/C25H22N4O3/c1-16-8-10-18(11-9-16)22-20(15-30)23-25(31)28(12-13-29(23)27-22)14-21-17(2)32-24(26-21)19-6-4-3-5-7-19/h3-13,30H,14-15H2,1-2H3. The summed E-state index contributed by atoms with van der Waals surface area (Å²) in [6, 6.07) is 17.5. The first kappa shape index (κ1) is 20.0. The molecule has 0 bridgehead atoms. The van der Waals surface area contributed by atoms with Gasteiger partial charge in [-0.2, -0.15) is 5.10 Å². The summed E-state index contributed by atoms with van der Waals surface area (Å²) in [6.07, 6.45) is 3.40. The maximum absolute atomic E-state index is 13.3.